The average Bonchev–Trinajstić information content (AvgIpc) is 3.28. The van der Waals surface area contributed by atoms with Gasteiger partial charge in [0.25, 0.3) is 0 Å². The van der Waals surface area contributed by atoms with Gasteiger partial charge in [0.05, 0.1) is 24.8 Å². The van der Waals surface area contributed by atoms with Crippen LogP contribution in [0.5, 0.6) is 0 Å². The quantitative estimate of drug-likeness (QED) is 0.242. The number of aromatic nitrogens is 1. The first-order valence-corrected chi connectivity index (χ1v) is 18.6. The van der Waals surface area contributed by atoms with Crippen LogP contribution in [0.2, 0.25) is 18.1 Å². The highest BCUT2D eigenvalue weighted by Crippen LogP contribution is 2.47. The number of carbonyl (C=O) groups is 2. The maximum atomic E-state index is 13.7. The Labute approximate surface area is 254 Å². The summed E-state index contributed by atoms with van der Waals surface area (Å²) in [6.07, 6.45) is -2.93. The van der Waals surface area contributed by atoms with Crippen molar-refractivity contribution in [3.8, 4) is 0 Å². The van der Waals surface area contributed by atoms with E-state index in [0.717, 1.165) is 5.39 Å². The van der Waals surface area contributed by atoms with Gasteiger partial charge in [-0.05, 0) is 56.8 Å². The number of hydrogen-bond acceptors (Lipinski definition) is 10. The fraction of sp³-hybridized carbons (Fsp3) is 0.645. The number of hydrogen-bond donors (Lipinski definition) is 0. The molecule has 5 atom stereocenters. The van der Waals surface area contributed by atoms with Crippen molar-refractivity contribution < 1.29 is 37.7 Å². The number of thioether (sulfide) groups is 1. The number of nitrogens with zero attached hydrogens (tertiary/aromatic N) is 1. The molecule has 1 aromatic carbocycles. The number of rotatable bonds is 9. The van der Waals surface area contributed by atoms with Crippen LogP contribution < -0.4 is 0 Å². The second-order valence-electron chi connectivity index (χ2n) is 12.7. The molecular formula is C31H45NO8SSi. The molecule has 2 aliphatic rings. The molecule has 2 aliphatic heterocycles. The van der Waals surface area contributed by atoms with Crippen molar-refractivity contribution in [3.05, 3.63) is 42.1 Å². The minimum absolute atomic E-state index is 0.144. The smallest absolute Gasteiger partial charge is 0.357 e. The molecule has 232 valence electrons. The Hall–Kier alpha value is -2.02. The molecule has 1 aromatic heterocycles. The van der Waals surface area contributed by atoms with Crippen molar-refractivity contribution >= 4 is 42.9 Å². The third kappa shape index (κ3) is 7.02. The van der Waals surface area contributed by atoms with Crippen LogP contribution in [-0.2, 0) is 32.9 Å². The summed E-state index contributed by atoms with van der Waals surface area (Å²) >= 11 is 1.36. The minimum atomic E-state index is -2.43. The average molecular weight is 620 g/mol. The predicted molar refractivity (Wildman–Crippen MR) is 165 cm³/mol. The summed E-state index contributed by atoms with van der Waals surface area (Å²) in [5.41, 5.74) is 0.861. The zero-order valence-corrected chi connectivity index (χ0v) is 28.0. The van der Waals surface area contributed by atoms with Crippen LogP contribution in [0.15, 0.2) is 36.4 Å². The van der Waals surface area contributed by atoms with Crippen molar-refractivity contribution in [1.29, 1.82) is 0 Å². The van der Waals surface area contributed by atoms with Crippen molar-refractivity contribution in [2.75, 3.05) is 19.0 Å². The Morgan fingerprint density at radius 2 is 1.81 bits per heavy atom. The molecular weight excluding hydrogens is 574 g/mol. The molecule has 3 heterocycles. The summed E-state index contributed by atoms with van der Waals surface area (Å²) < 4.78 is 37.6. The maximum absolute atomic E-state index is 13.7. The Balaban J connectivity index is 1.78. The van der Waals surface area contributed by atoms with Gasteiger partial charge in [0.1, 0.15) is 17.9 Å². The highest BCUT2D eigenvalue weighted by Gasteiger charge is 2.59. The van der Waals surface area contributed by atoms with Gasteiger partial charge >= 0.3 is 11.9 Å². The second kappa shape index (κ2) is 12.5. The maximum Gasteiger partial charge on any atom is 0.357 e. The van der Waals surface area contributed by atoms with E-state index in [2.05, 4.69) is 38.8 Å². The van der Waals surface area contributed by atoms with Crippen LogP contribution in [0, 0.1) is 0 Å². The lowest BCUT2D eigenvalue weighted by atomic mass is 9.93. The Morgan fingerprint density at radius 1 is 1.10 bits per heavy atom. The molecule has 2 fully saturated rings. The third-order valence-electron chi connectivity index (χ3n) is 8.15. The summed E-state index contributed by atoms with van der Waals surface area (Å²) in [7, 11) is -2.43. The number of pyridine rings is 1. The molecule has 0 spiro atoms. The standard InChI is InChI=1S/C31H45NO8SSi/c1-10-35-28(34)31(41-11-2)18-23(40-42(8,9)29(3,4)5)25(26(39-31)24-19-36-30(6,7)38-24)37-27(33)22-17-16-20-14-12-13-15-21(20)32-22/h12-17,23-26H,10-11,18-19H2,1-9H3/t23-,24-,25-,26+,31-/m1/s1. The molecule has 4 rings (SSSR count). The molecule has 42 heavy (non-hydrogen) atoms. The zero-order valence-electron chi connectivity index (χ0n) is 26.2. The van der Waals surface area contributed by atoms with E-state index in [-0.39, 0.29) is 30.4 Å². The molecule has 0 bridgehead atoms. The number of esters is 2. The van der Waals surface area contributed by atoms with E-state index in [1.807, 2.05) is 51.1 Å². The van der Waals surface area contributed by atoms with Crippen LogP contribution in [0.3, 0.4) is 0 Å². The Morgan fingerprint density at radius 3 is 2.43 bits per heavy atom. The summed E-state index contributed by atoms with van der Waals surface area (Å²) in [5.74, 6) is -1.37. The van der Waals surface area contributed by atoms with Crippen LogP contribution in [0.1, 0.15) is 65.4 Å². The SMILES string of the molecule is CCOC(=O)[C@]1(SCC)C[C@@H](O[Si](C)(C)C(C)(C)C)[C@@H](OC(=O)c2ccc3ccccc3n2)[C@H]([C@H]2COC(C)(C)O2)O1. The van der Waals surface area contributed by atoms with E-state index in [1.165, 1.54) is 11.8 Å². The third-order valence-corrected chi connectivity index (χ3v) is 13.8. The van der Waals surface area contributed by atoms with Gasteiger partial charge in [0.15, 0.2) is 20.2 Å². The number of ether oxygens (including phenoxy) is 5. The van der Waals surface area contributed by atoms with E-state index in [4.69, 9.17) is 28.1 Å². The topological polar surface area (TPSA) is 102 Å². The molecule has 0 unspecified atom stereocenters. The fourth-order valence-corrected chi connectivity index (χ4v) is 7.45. The van der Waals surface area contributed by atoms with Crippen LogP contribution in [-0.4, -0.2) is 79.3 Å². The summed E-state index contributed by atoms with van der Waals surface area (Å²) in [5, 5.41) is 0.774. The van der Waals surface area contributed by atoms with Crippen LogP contribution >= 0.6 is 11.8 Å². The van der Waals surface area contributed by atoms with E-state index in [0.29, 0.717) is 11.3 Å². The minimum Gasteiger partial charge on any atom is -0.463 e. The lowest BCUT2D eigenvalue weighted by Gasteiger charge is -2.50. The van der Waals surface area contributed by atoms with Gasteiger partial charge in [-0.3, -0.25) is 0 Å². The fourth-order valence-electron chi connectivity index (χ4n) is 5.02. The van der Waals surface area contributed by atoms with Crippen LogP contribution in [0.4, 0.5) is 0 Å². The molecule has 2 saturated heterocycles. The van der Waals surface area contributed by atoms with Crippen molar-refractivity contribution in [1.82, 2.24) is 4.98 Å². The molecule has 2 aromatic rings. The molecule has 0 aliphatic carbocycles. The number of benzene rings is 1. The molecule has 0 amide bonds. The van der Waals surface area contributed by atoms with Gasteiger partial charge in [-0.2, -0.15) is 0 Å². The number of carbonyl (C=O) groups excluding carboxylic acids is 2. The Bertz CT molecular complexity index is 1280. The normalized spacial score (nSPS) is 28.0. The van der Waals surface area contributed by atoms with Gasteiger partial charge in [0.2, 0.25) is 4.93 Å². The van der Waals surface area contributed by atoms with Gasteiger partial charge in [-0.1, -0.05) is 52.0 Å². The van der Waals surface area contributed by atoms with E-state index in [1.54, 1.807) is 13.0 Å². The van der Waals surface area contributed by atoms with Gasteiger partial charge < -0.3 is 28.1 Å². The van der Waals surface area contributed by atoms with Crippen molar-refractivity contribution in [2.45, 2.75) is 108 Å². The second-order valence-corrected chi connectivity index (χ2v) is 19.0. The number of para-hydroxylation sites is 1. The highest BCUT2D eigenvalue weighted by atomic mass is 32.2. The van der Waals surface area contributed by atoms with Crippen LogP contribution in [0.25, 0.3) is 10.9 Å². The van der Waals surface area contributed by atoms with Crippen molar-refractivity contribution in [2.24, 2.45) is 0 Å². The van der Waals surface area contributed by atoms with Gasteiger partial charge in [-0.25, -0.2) is 14.6 Å². The van der Waals surface area contributed by atoms with E-state index >= 15 is 0 Å². The van der Waals surface area contributed by atoms with E-state index < -0.39 is 55.4 Å². The van der Waals surface area contributed by atoms with Gasteiger partial charge in [-0.15, -0.1) is 11.8 Å². The summed E-state index contributed by atoms with van der Waals surface area (Å²) in [6, 6.07) is 11.1. The first kappa shape index (κ1) is 32.9. The molecule has 0 saturated carbocycles. The highest BCUT2D eigenvalue weighted by molar-refractivity contribution is 8.01. The molecule has 9 nitrogen and oxygen atoms in total. The monoisotopic (exact) mass is 619 g/mol. The molecule has 0 N–H and O–H groups in total. The lowest BCUT2D eigenvalue weighted by Crippen LogP contribution is -2.64. The first-order chi connectivity index (χ1) is 19.6. The Kier molecular flexibility index (Phi) is 9.81. The molecule has 11 heteroatoms. The number of fused-ring (bicyclic) bond motifs is 1. The molecule has 0 radical (unpaired) electrons. The van der Waals surface area contributed by atoms with E-state index in [9.17, 15) is 9.59 Å². The lowest BCUT2D eigenvalue weighted by molar-refractivity contribution is -0.229. The van der Waals surface area contributed by atoms with Crippen molar-refractivity contribution in [3.63, 3.8) is 0 Å². The van der Waals surface area contributed by atoms with Gasteiger partial charge in [0, 0.05) is 11.8 Å². The summed E-state index contributed by atoms with van der Waals surface area (Å²) in [4.78, 5) is 30.5. The zero-order chi connectivity index (χ0) is 30.9. The first-order valence-electron chi connectivity index (χ1n) is 14.7. The predicted octanol–water partition coefficient (Wildman–Crippen LogP) is 6.10. The largest absolute Gasteiger partial charge is 0.463 e. The summed E-state index contributed by atoms with van der Waals surface area (Å²) in [6.45, 7) is 18.5.